The average Bonchev–Trinajstić information content (AvgIpc) is 3.37. The van der Waals surface area contributed by atoms with Gasteiger partial charge in [-0.25, -0.2) is 0 Å². The number of fused-ring (bicyclic) bond motifs is 1. The van der Waals surface area contributed by atoms with Crippen LogP contribution in [-0.4, -0.2) is 44.9 Å². The Labute approximate surface area is 163 Å². The Bertz CT molecular complexity index is 773. The number of carbonyl (C=O) groups excluding carboxylic acids is 1. The molecule has 1 aromatic heterocycles. The van der Waals surface area contributed by atoms with E-state index < -0.39 is 0 Å². The highest BCUT2D eigenvalue weighted by Crippen LogP contribution is 2.32. The van der Waals surface area contributed by atoms with Gasteiger partial charge in [0, 0.05) is 10.4 Å². The van der Waals surface area contributed by atoms with E-state index in [1.165, 1.54) is 15.3 Å². The minimum Gasteiger partial charge on any atom is -0.454 e. The molecule has 7 heteroatoms. The molecule has 2 aromatic rings. The van der Waals surface area contributed by atoms with Crippen molar-refractivity contribution in [1.29, 1.82) is 0 Å². The van der Waals surface area contributed by atoms with Gasteiger partial charge in [0.2, 0.25) is 6.79 Å². The molecule has 1 fully saturated rings. The van der Waals surface area contributed by atoms with E-state index in [-0.39, 0.29) is 11.9 Å². The SMILES string of the molecule is C[C@H](C(=O)NCc1cccs1)[NH+]1CC[NH+](Cc2ccc3c(c2)OCO3)CC1. The van der Waals surface area contributed by atoms with Crippen LogP contribution in [0, 0.1) is 0 Å². The summed E-state index contributed by atoms with van der Waals surface area (Å²) >= 11 is 1.68. The fraction of sp³-hybridized carbons (Fsp3) is 0.450. The van der Waals surface area contributed by atoms with Gasteiger partial charge in [-0.2, -0.15) is 0 Å². The Morgan fingerprint density at radius 1 is 1.19 bits per heavy atom. The van der Waals surface area contributed by atoms with Gasteiger partial charge in [0.15, 0.2) is 17.5 Å². The Morgan fingerprint density at radius 2 is 2.00 bits per heavy atom. The third kappa shape index (κ3) is 4.43. The molecular formula is C20H27N3O3S+2. The number of quaternary nitrogens is 2. The van der Waals surface area contributed by atoms with Gasteiger partial charge in [-0.15, -0.1) is 11.3 Å². The molecule has 0 unspecified atom stereocenters. The summed E-state index contributed by atoms with van der Waals surface area (Å²) < 4.78 is 10.9. The molecule has 3 heterocycles. The van der Waals surface area contributed by atoms with Crippen molar-refractivity contribution in [3.63, 3.8) is 0 Å². The van der Waals surface area contributed by atoms with Gasteiger partial charge in [0.25, 0.3) is 5.91 Å². The second-order valence-corrected chi connectivity index (χ2v) is 8.32. The molecule has 2 aliphatic rings. The molecule has 3 N–H and O–H groups in total. The van der Waals surface area contributed by atoms with E-state index in [0.717, 1.165) is 44.2 Å². The summed E-state index contributed by atoms with van der Waals surface area (Å²) in [5.41, 5.74) is 1.28. The monoisotopic (exact) mass is 389 g/mol. The first-order valence-electron chi connectivity index (χ1n) is 9.56. The van der Waals surface area contributed by atoms with Crippen LogP contribution >= 0.6 is 11.3 Å². The van der Waals surface area contributed by atoms with Gasteiger partial charge in [0.05, 0.1) is 6.54 Å². The second-order valence-electron chi connectivity index (χ2n) is 7.29. The van der Waals surface area contributed by atoms with Crippen molar-refractivity contribution >= 4 is 17.2 Å². The van der Waals surface area contributed by atoms with Gasteiger partial charge in [-0.1, -0.05) is 6.07 Å². The number of carbonyl (C=O) groups is 1. The predicted octanol–water partition coefficient (Wildman–Crippen LogP) is -0.535. The van der Waals surface area contributed by atoms with Crippen molar-refractivity contribution in [3.8, 4) is 11.5 Å². The molecule has 0 aliphatic carbocycles. The summed E-state index contributed by atoms with van der Waals surface area (Å²) in [7, 11) is 0. The lowest BCUT2D eigenvalue weighted by molar-refractivity contribution is -1.02. The molecule has 1 saturated heterocycles. The summed E-state index contributed by atoms with van der Waals surface area (Å²) in [6.07, 6.45) is 0. The molecule has 1 amide bonds. The third-order valence-corrected chi connectivity index (χ3v) is 6.39. The molecule has 27 heavy (non-hydrogen) atoms. The Kier molecular flexibility index (Phi) is 5.61. The molecule has 0 bridgehead atoms. The van der Waals surface area contributed by atoms with Gasteiger partial charge in [0.1, 0.15) is 32.7 Å². The zero-order valence-corrected chi connectivity index (χ0v) is 16.4. The minimum absolute atomic E-state index is 0.00273. The lowest BCUT2D eigenvalue weighted by Crippen LogP contribution is -3.29. The fourth-order valence-electron chi connectivity index (χ4n) is 3.80. The lowest BCUT2D eigenvalue weighted by Gasteiger charge is -2.32. The van der Waals surface area contributed by atoms with Gasteiger partial charge >= 0.3 is 0 Å². The number of benzene rings is 1. The van der Waals surface area contributed by atoms with Crippen LogP contribution in [-0.2, 0) is 17.9 Å². The van der Waals surface area contributed by atoms with Crippen LogP contribution in [0.1, 0.15) is 17.4 Å². The first-order valence-corrected chi connectivity index (χ1v) is 10.4. The standard InChI is InChI=1S/C20H25N3O3S/c1-15(20(24)21-12-17-3-2-10-27-17)23-8-6-22(7-9-23)13-16-4-5-18-19(11-16)26-14-25-18/h2-5,10-11,15H,6-9,12-14H2,1H3,(H,21,24)/p+2/t15-/m1/s1. The average molecular weight is 390 g/mol. The number of rotatable bonds is 6. The highest BCUT2D eigenvalue weighted by molar-refractivity contribution is 7.09. The Morgan fingerprint density at radius 3 is 2.78 bits per heavy atom. The molecule has 0 spiro atoms. The molecule has 0 saturated carbocycles. The van der Waals surface area contributed by atoms with E-state index in [1.54, 1.807) is 16.2 Å². The van der Waals surface area contributed by atoms with E-state index >= 15 is 0 Å². The van der Waals surface area contributed by atoms with Crippen molar-refractivity contribution in [1.82, 2.24) is 5.32 Å². The van der Waals surface area contributed by atoms with Crippen molar-refractivity contribution in [2.75, 3.05) is 33.0 Å². The topological polar surface area (TPSA) is 56.4 Å². The maximum atomic E-state index is 12.5. The van der Waals surface area contributed by atoms with Crippen molar-refractivity contribution in [3.05, 3.63) is 46.2 Å². The van der Waals surface area contributed by atoms with Crippen LogP contribution in [0.2, 0.25) is 0 Å². The van der Waals surface area contributed by atoms with E-state index in [1.807, 2.05) is 24.4 Å². The van der Waals surface area contributed by atoms with Crippen LogP contribution in [0.5, 0.6) is 11.5 Å². The van der Waals surface area contributed by atoms with Gasteiger partial charge in [-0.3, -0.25) is 4.79 Å². The maximum Gasteiger partial charge on any atom is 0.278 e. The number of amides is 1. The largest absolute Gasteiger partial charge is 0.454 e. The molecule has 6 nitrogen and oxygen atoms in total. The van der Waals surface area contributed by atoms with Crippen LogP contribution in [0.15, 0.2) is 35.7 Å². The molecule has 4 rings (SSSR count). The highest BCUT2D eigenvalue weighted by atomic mass is 32.1. The Balaban J connectivity index is 1.24. The quantitative estimate of drug-likeness (QED) is 0.622. The lowest BCUT2D eigenvalue weighted by atomic mass is 10.1. The van der Waals surface area contributed by atoms with Crippen molar-refractivity contribution in [2.24, 2.45) is 0 Å². The number of ether oxygens (including phenoxy) is 2. The summed E-state index contributed by atoms with van der Waals surface area (Å²) in [6.45, 7) is 8.18. The van der Waals surface area contributed by atoms with Gasteiger partial charge < -0.3 is 24.6 Å². The number of nitrogens with one attached hydrogen (secondary N) is 3. The van der Waals surface area contributed by atoms with E-state index in [4.69, 9.17) is 9.47 Å². The second kappa shape index (κ2) is 8.29. The normalized spacial score (nSPS) is 22.4. The fourth-order valence-corrected chi connectivity index (χ4v) is 4.44. The summed E-state index contributed by atoms with van der Waals surface area (Å²) in [5, 5.41) is 5.12. The molecule has 0 radical (unpaired) electrons. The third-order valence-electron chi connectivity index (χ3n) is 5.51. The molecule has 144 valence electrons. The smallest absolute Gasteiger partial charge is 0.278 e. The van der Waals surface area contributed by atoms with E-state index in [0.29, 0.717) is 13.3 Å². The minimum atomic E-state index is -0.00273. The number of hydrogen-bond donors (Lipinski definition) is 3. The van der Waals surface area contributed by atoms with Crippen molar-refractivity contribution in [2.45, 2.75) is 26.1 Å². The van der Waals surface area contributed by atoms with E-state index in [9.17, 15) is 4.79 Å². The molecule has 2 aliphatic heterocycles. The number of thiophene rings is 1. The van der Waals surface area contributed by atoms with Crippen LogP contribution in [0.3, 0.4) is 0 Å². The van der Waals surface area contributed by atoms with Crippen LogP contribution < -0.4 is 24.6 Å². The summed E-state index contributed by atoms with van der Waals surface area (Å²) in [4.78, 5) is 16.6. The maximum absolute atomic E-state index is 12.5. The van der Waals surface area contributed by atoms with E-state index in [2.05, 4.69) is 23.5 Å². The summed E-state index contributed by atoms with van der Waals surface area (Å²) in [6, 6.07) is 10.3. The molecule has 1 aromatic carbocycles. The first kappa shape index (κ1) is 18.3. The first-order chi connectivity index (χ1) is 13.2. The highest BCUT2D eigenvalue weighted by Gasteiger charge is 2.31. The zero-order chi connectivity index (χ0) is 18.6. The molecule has 1 atom stereocenters. The van der Waals surface area contributed by atoms with Crippen LogP contribution in [0.25, 0.3) is 0 Å². The molecular weight excluding hydrogens is 362 g/mol. The van der Waals surface area contributed by atoms with Crippen LogP contribution in [0.4, 0.5) is 0 Å². The predicted molar refractivity (Wildman–Crippen MR) is 103 cm³/mol. The summed E-state index contributed by atoms with van der Waals surface area (Å²) in [5.74, 6) is 1.84. The Hall–Kier alpha value is -2.09. The number of piperazine rings is 1. The number of hydrogen-bond acceptors (Lipinski definition) is 4. The van der Waals surface area contributed by atoms with Gasteiger partial charge in [-0.05, 0) is 36.6 Å². The zero-order valence-electron chi connectivity index (χ0n) is 15.6. The van der Waals surface area contributed by atoms with Crippen molar-refractivity contribution < 1.29 is 24.1 Å².